The number of benzene rings is 1. The molecule has 2 rings (SSSR count). The van der Waals surface area contributed by atoms with Gasteiger partial charge in [0, 0.05) is 12.7 Å². The van der Waals surface area contributed by atoms with Crippen LogP contribution in [0.5, 0.6) is 0 Å². The van der Waals surface area contributed by atoms with Crippen molar-refractivity contribution in [1.29, 1.82) is 0 Å². The van der Waals surface area contributed by atoms with Gasteiger partial charge in [-0.15, -0.1) is 0 Å². The zero-order valence-corrected chi connectivity index (χ0v) is 12.6. The predicted molar refractivity (Wildman–Crippen MR) is 78.2 cm³/mol. The molecule has 0 aromatic heterocycles. The van der Waals surface area contributed by atoms with Gasteiger partial charge < -0.3 is 5.32 Å². The van der Waals surface area contributed by atoms with Crippen molar-refractivity contribution in [1.82, 2.24) is 10.2 Å². The Balaban J connectivity index is 2.13. The van der Waals surface area contributed by atoms with Gasteiger partial charge >= 0.3 is 6.03 Å². The molecule has 3 amide bonds. The van der Waals surface area contributed by atoms with Crippen molar-refractivity contribution in [2.75, 3.05) is 17.5 Å². The minimum absolute atomic E-state index is 0.0523. The second-order valence-electron chi connectivity index (χ2n) is 4.82. The quantitative estimate of drug-likeness (QED) is 0.795. The minimum Gasteiger partial charge on any atom is -0.322 e. The molecule has 1 aliphatic heterocycles. The van der Waals surface area contributed by atoms with Crippen LogP contribution >= 0.6 is 0 Å². The summed E-state index contributed by atoms with van der Waals surface area (Å²) in [5, 5.41) is 2.56. The molecule has 0 spiro atoms. The maximum absolute atomic E-state index is 11.8. The molecule has 114 valence electrons. The van der Waals surface area contributed by atoms with Crippen molar-refractivity contribution >= 4 is 27.6 Å². The summed E-state index contributed by atoms with van der Waals surface area (Å²) in [4.78, 5) is 24.3. The van der Waals surface area contributed by atoms with Gasteiger partial charge in [-0.2, -0.15) is 0 Å². The van der Waals surface area contributed by atoms with E-state index >= 15 is 0 Å². The average molecular weight is 311 g/mol. The normalized spacial score (nSPS) is 18.8. The van der Waals surface area contributed by atoms with Crippen LogP contribution in [0.4, 0.5) is 10.5 Å². The number of amides is 3. The number of anilines is 1. The number of carbonyl (C=O) groups excluding carboxylic acids is 2. The summed E-state index contributed by atoms with van der Waals surface area (Å²) < 4.78 is 25.8. The van der Waals surface area contributed by atoms with Crippen LogP contribution in [0.15, 0.2) is 24.3 Å². The molecule has 1 saturated heterocycles. The van der Waals surface area contributed by atoms with E-state index in [1.807, 2.05) is 0 Å². The lowest BCUT2D eigenvalue weighted by molar-refractivity contribution is -0.126. The fourth-order valence-electron chi connectivity index (χ4n) is 2.04. The first-order chi connectivity index (χ1) is 9.84. The maximum Gasteiger partial charge on any atom is 0.324 e. The number of nitrogens with one attached hydrogen (secondary N) is 2. The maximum atomic E-state index is 11.8. The van der Waals surface area contributed by atoms with Gasteiger partial charge in [0.2, 0.25) is 10.0 Å². The molecule has 1 aliphatic rings. The number of nitrogens with zero attached hydrogens (tertiary/aromatic N) is 1. The van der Waals surface area contributed by atoms with Crippen molar-refractivity contribution in [3.05, 3.63) is 29.8 Å². The van der Waals surface area contributed by atoms with Gasteiger partial charge in [0.1, 0.15) is 6.04 Å². The number of rotatable bonds is 5. The third kappa shape index (κ3) is 3.33. The molecule has 7 nitrogen and oxygen atoms in total. The molecular formula is C13H17N3O4S. The second-order valence-corrected chi connectivity index (χ2v) is 6.66. The van der Waals surface area contributed by atoms with Gasteiger partial charge in [-0.25, -0.2) is 13.2 Å². The number of hydrogen-bond donors (Lipinski definition) is 2. The minimum atomic E-state index is -3.34. The van der Waals surface area contributed by atoms with Crippen LogP contribution in [0.2, 0.25) is 0 Å². The zero-order chi connectivity index (χ0) is 15.6. The summed E-state index contributed by atoms with van der Waals surface area (Å²) >= 11 is 0. The van der Waals surface area contributed by atoms with Gasteiger partial charge in [0.05, 0.1) is 5.75 Å². The Labute approximate surface area is 123 Å². The van der Waals surface area contributed by atoms with Gasteiger partial charge in [-0.1, -0.05) is 19.1 Å². The fourth-order valence-corrected chi connectivity index (χ4v) is 3.18. The summed E-state index contributed by atoms with van der Waals surface area (Å²) in [6.07, 6.45) is 0.530. The summed E-state index contributed by atoms with van der Waals surface area (Å²) in [5.74, 6) is -0.282. The molecule has 0 bridgehead atoms. The van der Waals surface area contributed by atoms with Crippen molar-refractivity contribution in [2.45, 2.75) is 19.4 Å². The van der Waals surface area contributed by atoms with Gasteiger partial charge in [-0.3, -0.25) is 14.4 Å². The van der Waals surface area contributed by atoms with Crippen molar-refractivity contribution < 1.29 is 18.0 Å². The molecule has 8 heteroatoms. The number of carbonyl (C=O) groups is 2. The molecule has 1 fully saturated rings. The van der Waals surface area contributed by atoms with E-state index in [4.69, 9.17) is 0 Å². The highest BCUT2D eigenvalue weighted by Crippen LogP contribution is 2.22. The summed E-state index contributed by atoms with van der Waals surface area (Å²) in [6, 6.07) is 5.21. The Morgan fingerprint density at radius 3 is 2.33 bits per heavy atom. The summed E-state index contributed by atoms with van der Waals surface area (Å²) in [5.41, 5.74) is 1.04. The molecule has 21 heavy (non-hydrogen) atoms. The molecule has 1 heterocycles. The van der Waals surface area contributed by atoms with Crippen LogP contribution in [0.3, 0.4) is 0 Å². The van der Waals surface area contributed by atoms with E-state index in [9.17, 15) is 18.0 Å². The number of likely N-dealkylation sites (N-methyl/N-ethyl adjacent to an activating group) is 1. The molecule has 0 saturated carbocycles. The van der Waals surface area contributed by atoms with Crippen LogP contribution in [-0.2, 0) is 14.8 Å². The van der Waals surface area contributed by atoms with Crippen LogP contribution < -0.4 is 10.0 Å². The van der Waals surface area contributed by atoms with Crippen molar-refractivity contribution in [3.63, 3.8) is 0 Å². The van der Waals surface area contributed by atoms with E-state index in [0.29, 0.717) is 17.7 Å². The first-order valence-electron chi connectivity index (χ1n) is 6.52. The largest absolute Gasteiger partial charge is 0.324 e. The molecule has 0 aliphatic carbocycles. The highest BCUT2D eigenvalue weighted by Gasteiger charge is 2.36. The first-order valence-corrected chi connectivity index (χ1v) is 8.18. The predicted octanol–water partition coefficient (Wildman–Crippen LogP) is 1.06. The van der Waals surface area contributed by atoms with E-state index in [0.717, 1.165) is 4.90 Å². The topological polar surface area (TPSA) is 95.6 Å². The Morgan fingerprint density at radius 2 is 1.86 bits per heavy atom. The Hall–Kier alpha value is -2.09. The number of sulfonamides is 1. The third-order valence-electron chi connectivity index (χ3n) is 3.14. The Morgan fingerprint density at radius 1 is 1.24 bits per heavy atom. The van der Waals surface area contributed by atoms with E-state index in [2.05, 4.69) is 10.0 Å². The van der Waals surface area contributed by atoms with Crippen molar-refractivity contribution in [2.24, 2.45) is 0 Å². The Kier molecular flexibility index (Phi) is 4.17. The van der Waals surface area contributed by atoms with E-state index in [1.165, 1.54) is 7.05 Å². The van der Waals surface area contributed by atoms with Gasteiger partial charge in [0.25, 0.3) is 5.91 Å². The number of urea groups is 1. The highest BCUT2D eigenvalue weighted by atomic mass is 32.2. The van der Waals surface area contributed by atoms with E-state index in [1.54, 1.807) is 31.2 Å². The second kappa shape index (κ2) is 5.72. The summed E-state index contributed by atoms with van der Waals surface area (Å²) in [6.45, 7) is 1.78. The van der Waals surface area contributed by atoms with Crippen LogP contribution in [0, 0.1) is 0 Å². The monoisotopic (exact) mass is 311 g/mol. The lowest BCUT2D eigenvalue weighted by Crippen LogP contribution is -2.25. The van der Waals surface area contributed by atoms with Crippen LogP contribution in [0.25, 0.3) is 0 Å². The first kappa shape index (κ1) is 15.3. The van der Waals surface area contributed by atoms with E-state index in [-0.39, 0.29) is 11.7 Å². The molecule has 2 N–H and O–H groups in total. The average Bonchev–Trinajstić information content (AvgIpc) is 2.67. The SMILES string of the molecule is CCCS(=O)(=O)Nc1ccc(C2NC(=O)N(C)C2=O)cc1. The summed E-state index contributed by atoms with van der Waals surface area (Å²) in [7, 11) is -1.93. The van der Waals surface area contributed by atoms with E-state index < -0.39 is 22.1 Å². The third-order valence-corrected chi connectivity index (χ3v) is 4.63. The molecule has 0 radical (unpaired) electrons. The van der Waals surface area contributed by atoms with Gasteiger partial charge in [-0.05, 0) is 24.1 Å². The Bertz CT molecular complexity index is 654. The fraction of sp³-hybridized carbons (Fsp3) is 0.385. The number of imide groups is 1. The molecular weight excluding hydrogens is 294 g/mol. The molecule has 1 atom stereocenters. The number of hydrogen-bond acceptors (Lipinski definition) is 4. The molecule has 1 unspecified atom stereocenters. The zero-order valence-electron chi connectivity index (χ0n) is 11.8. The standard InChI is InChI=1S/C13H17N3O4S/c1-3-8-21(19,20)15-10-6-4-9(5-7-10)11-12(17)16(2)13(18)14-11/h4-7,11,15H,3,8H2,1-2H3,(H,14,18). The molecule has 1 aromatic rings. The molecule has 1 aromatic carbocycles. The van der Waals surface area contributed by atoms with Gasteiger partial charge in [0.15, 0.2) is 0 Å². The van der Waals surface area contributed by atoms with Crippen LogP contribution in [-0.4, -0.2) is 38.1 Å². The van der Waals surface area contributed by atoms with Crippen LogP contribution in [0.1, 0.15) is 24.9 Å². The highest BCUT2D eigenvalue weighted by molar-refractivity contribution is 7.92. The smallest absolute Gasteiger partial charge is 0.322 e. The lowest BCUT2D eigenvalue weighted by atomic mass is 10.1. The van der Waals surface area contributed by atoms with Crippen molar-refractivity contribution in [3.8, 4) is 0 Å². The lowest BCUT2D eigenvalue weighted by Gasteiger charge is -2.11.